The smallest absolute Gasteiger partial charge is 0.122 e. The minimum absolute atomic E-state index is 0.863. The van der Waals surface area contributed by atoms with Gasteiger partial charge in [0, 0.05) is 0 Å². The molecule has 0 aliphatic heterocycles. The van der Waals surface area contributed by atoms with Crippen molar-refractivity contribution >= 4 is 5.97 Å². The second-order valence-corrected chi connectivity index (χ2v) is 2.49. The number of aliphatic carboxylic acids is 1. The Hall–Kier alpha value is -0.730. The molecule has 0 aromatic rings. The minimum atomic E-state index is -2.31. The SMILES string of the molecule is O=C([O-])[C@H](O)[C@H](O)[C@@H](O)[C@@H](O)CO. The number of carboxylic acids is 1. The maximum absolute atomic E-state index is 9.98. The largest absolute Gasteiger partial charge is 0.547 e. The monoisotopic (exact) mass is 195 g/mol. The third kappa shape index (κ3) is 3.25. The Bertz CT molecular complexity index is 170. The average molecular weight is 195 g/mol. The van der Waals surface area contributed by atoms with Crippen LogP contribution < -0.4 is 5.11 Å². The third-order valence-electron chi connectivity index (χ3n) is 1.50. The van der Waals surface area contributed by atoms with Crippen molar-refractivity contribution in [2.24, 2.45) is 0 Å². The minimum Gasteiger partial charge on any atom is -0.547 e. The second kappa shape index (κ2) is 5.10. The van der Waals surface area contributed by atoms with Crippen molar-refractivity contribution in [1.29, 1.82) is 0 Å². The molecule has 4 atom stereocenters. The first-order valence-corrected chi connectivity index (χ1v) is 3.45. The Kier molecular flexibility index (Phi) is 4.81. The van der Waals surface area contributed by atoms with E-state index in [-0.39, 0.29) is 0 Å². The summed E-state index contributed by atoms with van der Waals surface area (Å²) in [6.07, 6.45) is -8.08. The van der Waals surface area contributed by atoms with Gasteiger partial charge in [-0.3, -0.25) is 0 Å². The predicted octanol–water partition coefficient (Wildman–Crippen LogP) is -4.83. The molecule has 0 radical (unpaired) electrons. The third-order valence-corrected chi connectivity index (χ3v) is 1.50. The standard InChI is InChI=1S/C6H12O7/c7-1-2(8)3(9)4(10)5(11)6(12)13/h2-5,7-11H,1H2,(H,12,13)/p-1/t2-,3-,4+,5+/m0/s1. The van der Waals surface area contributed by atoms with E-state index in [4.69, 9.17) is 25.5 Å². The molecule has 5 N–H and O–H groups in total. The fourth-order valence-electron chi connectivity index (χ4n) is 0.662. The van der Waals surface area contributed by atoms with E-state index >= 15 is 0 Å². The van der Waals surface area contributed by atoms with Gasteiger partial charge >= 0.3 is 0 Å². The molecule has 0 aliphatic rings. The lowest BCUT2D eigenvalue weighted by atomic mass is 10.0. The normalized spacial score (nSPS) is 20.4. The summed E-state index contributed by atoms with van der Waals surface area (Å²) in [5.74, 6) is -1.98. The van der Waals surface area contributed by atoms with E-state index in [1.165, 1.54) is 0 Å². The summed E-state index contributed by atoms with van der Waals surface area (Å²) in [5, 5.41) is 53.4. The Morgan fingerprint density at radius 1 is 1.15 bits per heavy atom. The maximum Gasteiger partial charge on any atom is 0.122 e. The molecule has 0 rings (SSSR count). The Balaban J connectivity index is 4.24. The van der Waals surface area contributed by atoms with Crippen molar-refractivity contribution in [3.05, 3.63) is 0 Å². The van der Waals surface area contributed by atoms with Crippen molar-refractivity contribution < 1.29 is 35.4 Å². The fourth-order valence-corrected chi connectivity index (χ4v) is 0.662. The van der Waals surface area contributed by atoms with Gasteiger partial charge in [0.15, 0.2) is 0 Å². The van der Waals surface area contributed by atoms with Gasteiger partial charge in [-0.05, 0) is 0 Å². The van der Waals surface area contributed by atoms with E-state index in [9.17, 15) is 9.90 Å². The molecule has 0 aromatic carbocycles. The number of hydrogen-bond donors (Lipinski definition) is 5. The zero-order valence-corrected chi connectivity index (χ0v) is 6.57. The predicted molar refractivity (Wildman–Crippen MR) is 36.1 cm³/mol. The van der Waals surface area contributed by atoms with Gasteiger partial charge in [0.05, 0.1) is 12.6 Å². The van der Waals surface area contributed by atoms with Crippen LogP contribution in [-0.4, -0.2) is 62.5 Å². The van der Waals surface area contributed by atoms with Crippen LogP contribution in [0, 0.1) is 0 Å². The van der Waals surface area contributed by atoms with Crippen LogP contribution >= 0.6 is 0 Å². The molecule has 0 fully saturated rings. The Labute approximate surface area is 73.5 Å². The number of rotatable bonds is 5. The highest BCUT2D eigenvalue weighted by Gasteiger charge is 2.30. The highest BCUT2D eigenvalue weighted by atomic mass is 16.4. The topological polar surface area (TPSA) is 141 Å². The molecule has 0 unspecified atom stereocenters. The number of hydrogen-bond acceptors (Lipinski definition) is 7. The lowest BCUT2D eigenvalue weighted by Gasteiger charge is -2.25. The molecule has 0 bridgehead atoms. The first-order chi connectivity index (χ1) is 5.91. The van der Waals surface area contributed by atoms with Crippen LogP contribution in [0.25, 0.3) is 0 Å². The van der Waals surface area contributed by atoms with Crippen molar-refractivity contribution in [3.8, 4) is 0 Å². The van der Waals surface area contributed by atoms with E-state index in [2.05, 4.69) is 0 Å². The van der Waals surface area contributed by atoms with Crippen molar-refractivity contribution in [1.82, 2.24) is 0 Å². The molecule has 0 saturated heterocycles. The van der Waals surface area contributed by atoms with E-state index in [1.54, 1.807) is 0 Å². The van der Waals surface area contributed by atoms with E-state index in [0.29, 0.717) is 0 Å². The van der Waals surface area contributed by atoms with Gasteiger partial charge in [-0.15, -0.1) is 0 Å². The Morgan fingerprint density at radius 3 is 1.92 bits per heavy atom. The van der Waals surface area contributed by atoms with Crippen LogP contribution in [0.15, 0.2) is 0 Å². The molecule has 7 nitrogen and oxygen atoms in total. The van der Waals surface area contributed by atoms with Gasteiger partial charge in [0.2, 0.25) is 0 Å². The van der Waals surface area contributed by atoms with Crippen LogP contribution in [-0.2, 0) is 4.79 Å². The van der Waals surface area contributed by atoms with Gasteiger partial charge < -0.3 is 35.4 Å². The van der Waals surface area contributed by atoms with E-state index < -0.39 is 37.0 Å². The summed E-state index contributed by atoms with van der Waals surface area (Å²) in [6.45, 7) is -0.863. The number of carboxylic acid groups (broad SMARTS) is 1. The van der Waals surface area contributed by atoms with Gasteiger partial charge in [0.1, 0.15) is 24.4 Å². The number of aliphatic hydroxyl groups is 5. The molecular weight excluding hydrogens is 184 g/mol. The second-order valence-electron chi connectivity index (χ2n) is 2.49. The molecule has 0 amide bonds. The summed E-state index contributed by atoms with van der Waals surface area (Å²) in [4.78, 5) is 9.98. The van der Waals surface area contributed by atoms with Crippen molar-refractivity contribution in [3.63, 3.8) is 0 Å². The molecule has 78 valence electrons. The molecule has 0 heterocycles. The fraction of sp³-hybridized carbons (Fsp3) is 0.833. The lowest BCUT2D eigenvalue weighted by Crippen LogP contribution is -2.52. The number of carbonyl (C=O) groups excluding carboxylic acids is 1. The lowest BCUT2D eigenvalue weighted by molar-refractivity contribution is -0.320. The van der Waals surface area contributed by atoms with Gasteiger partial charge in [-0.2, -0.15) is 0 Å². The molecule has 0 saturated carbocycles. The van der Waals surface area contributed by atoms with Crippen LogP contribution in [0.3, 0.4) is 0 Å². The zero-order chi connectivity index (χ0) is 10.6. The summed E-state index contributed by atoms with van der Waals surface area (Å²) >= 11 is 0. The molecule has 0 spiro atoms. The zero-order valence-electron chi connectivity index (χ0n) is 6.57. The molecule has 0 aromatic heterocycles. The molecular formula is C6H11O7-. The van der Waals surface area contributed by atoms with Crippen molar-refractivity contribution in [2.75, 3.05) is 6.61 Å². The first kappa shape index (κ1) is 12.3. The first-order valence-electron chi connectivity index (χ1n) is 3.45. The maximum atomic E-state index is 9.98. The summed E-state index contributed by atoms with van der Waals surface area (Å²) in [6, 6.07) is 0. The van der Waals surface area contributed by atoms with Crippen LogP contribution in [0.5, 0.6) is 0 Å². The highest BCUT2D eigenvalue weighted by molar-refractivity contribution is 5.70. The molecule has 0 aliphatic carbocycles. The van der Waals surface area contributed by atoms with Gasteiger partial charge in [0.25, 0.3) is 0 Å². The van der Waals surface area contributed by atoms with Crippen LogP contribution in [0.1, 0.15) is 0 Å². The highest BCUT2D eigenvalue weighted by Crippen LogP contribution is 2.04. The van der Waals surface area contributed by atoms with Gasteiger partial charge in [-0.1, -0.05) is 0 Å². The quantitative estimate of drug-likeness (QED) is 0.296. The van der Waals surface area contributed by atoms with E-state index in [1.807, 2.05) is 0 Å². The van der Waals surface area contributed by atoms with Crippen LogP contribution in [0.4, 0.5) is 0 Å². The van der Waals surface area contributed by atoms with Crippen LogP contribution in [0.2, 0.25) is 0 Å². The summed E-state index contributed by atoms with van der Waals surface area (Å²) in [5.41, 5.74) is 0. The van der Waals surface area contributed by atoms with Gasteiger partial charge in [-0.25, -0.2) is 0 Å². The molecule has 13 heavy (non-hydrogen) atoms. The Morgan fingerprint density at radius 2 is 1.62 bits per heavy atom. The molecule has 7 heteroatoms. The summed E-state index contributed by atoms with van der Waals surface area (Å²) < 4.78 is 0. The number of aliphatic hydroxyl groups excluding tert-OH is 5. The number of carbonyl (C=O) groups is 1. The summed E-state index contributed by atoms with van der Waals surface area (Å²) in [7, 11) is 0. The van der Waals surface area contributed by atoms with E-state index in [0.717, 1.165) is 0 Å². The average Bonchev–Trinajstić information content (AvgIpc) is 2.12. The van der Waals surface area contributed by atoms with Crippen molar-refractivity contribution in [2.45, 2.75) is 24.4 Å².